The van der Waals surface area contributed by atoms with Crippen LogP contribution in [-0.4, -0.2) is 41.6 Å². The van der Waals surface area contributed by atoms with Gasteiger partial charge in [-0.25, -0.2) is 0 Å². The summed E-state index contributed by atoms with van der Waals surface area (Å²) in [4.78, 5) is 14.4. The highest BCUT2D eigenvalue weighted by Gasteiger charge is 2.36. The molecule has 0 bridgehead atoms. The van der Waals surface area contributed by atoms with Gasteiger partial charge in [0.2, 0.25) is 0 Å². The maximum atomic E-state index is 11.9. The Morgan fingerprint density at radius 3 is 2.56 bits per heavy atom. The van der Waals surface area contributed by atoms with E-state index in [1.807, 2.05) is 20.8 Å². The number of esters is 1. The molecule has 0 spiro atoms. The second-order valence-corrected chi connectivity index (χ2v) is 6.73. The van der Waals surface area contributed by atoms with Crippen molar-refractivity contribution >= 4 is 5.97 Å². The molecule has 0 aromatic carbocycles. The van der Waals surface area contributed by atoms with E-state index in [-0.39, 0.29) is 17.9 Å². The lowest BCUT2D eigenvalue weighted by atomic mass is 9.90. The third kappa shape index (κ3) is 3.95. The number of piperidine rings is 1. The summed E-state index contributed by atoms with van der Waals surface area (Å²) in [5.74, 6) is 0.148. The predicted molar refractivity (Wildman–Crippen MR) is 71.1 cm³/mol. The van der Waals surface area contributed by atoms with Crippen molar-refractivity contribution in [1.82, 2.24) is 4.90 Å². The molecule has 4 nitrogen and oxygen atoms in total. The SMILES string of the molecule is CC(C)(C)OC(=O)CC1CN(C2CC2)CCC1N. The highest BCUT2D eigenvalue weighted by molar-refractivity contribution is 5.70. The van der Waals surface area contributed by atoms with E-state index in [1.54, 1.807) is 0 Å². The van der Waals surface area contributed by atoms with Crippen LogP contribution in [0.2, 0.25) is 0 Å². The fraction of sp³-hybridized carbons (Fsp3) is 0.929. The monoisotopic (exact) mass is 254 g/mol. The molecule has 2 aliphatic rings. The zero-order chi connectivity index (χ0) is 13.3. The van der Waals surface area contributed by atoms with E-state index in [0.29, 0.717) is 6.42 Å². The van der Waals surface area contributed by atoms with Gasteiger partial charge in [0.05, 0.1) is 6.42 Å². The van der Waals surface area contributed by atoms with Crippen LogP contribution in [0.15, 0.2) is 0 Å². The molecular formula is C14H26N2O2. The van der Waals surface area contributed by atoms with Gasteiger partial charge in [0, 0.05) is 18.6 Å². The summed E-state index contributed by atoms with van der Waals surface area (Å²) in [6.45, 7) is 7.77. The summed E-state index contributed by atoms with van der Waals surface area (Å²) >= 11 is 0. The van der Waals surface area contributed by atoms with Crippen LogP contribution in [0.3, 0.4) is 0 Å². The van der Waals surface area contributed by atoms with Gasteiger partial charge >= 0.3 is 5.97 Å². The summed E-state index contributed by atoms with van der Waals surface area (Å²) in [6, 6.07) is 0.908. The Balaban J connectivity index is 1.84. The van der Waals surface area contributed by atoms with E-state index in [1.165, 1.54) is 12.8 Å². The molecule has 0 radical (unpaired) electrons. The Bertz CT molecular complexity index is 307. The molecule has 0 aromatic rings. The van der Waals surface area contributed by atoms with Gasteiger partial charge in [-0.05, 0) is 52.5 Å². The standard InChI is InChI=1S/C14H26N2O2/c1-14(2,3)18-13(17)8-10-9-16(11-4-5-11)7-6-12(10)15/h10-12H,4-9,15H2,1-3H3. The van der Waals surface area contributed by atoms with E-state index in [4.69, 9.17) is 10.5 Å². The quantitative estimate of drug-likeness (QED) is 0.776. The maximum Gasteiger partial charge on any atom is 0.306 e. The highest BCUT2D eigenvalue weighted by atomic mass is 16.6. The minimum atomic E-state index is -0.397. The molecule has 2 fully saturated rings. The fourth-order valence-corrected chi connectivity index (χ4v) is 2.66. The number of hydrogen-bond donors (Lipinski definition) is 1. The van der Waals surface area contributed by atoms with Gasteiger partial charge in [-0.3, -0.25) is 9.69 Å². The first kappa shape index (κ1) is 13.8. The van der Waals surface area contributed by atoms with Crippen LogP contribution < -0.4 is 5.73 Å². The number of ether oxygens (including phenoxy) is 1. The highest BCUT2D eigenvalue weighted by Crippen LogP contribution is 2.31. The molecule has 2 N–H and O–H groups in total. The van der Waals surface area contributed by atoms with Crippen molar-refractivity contribution in [2.75, 3.05) is 13.1 Å². The van der Waals surface area contributed by atoms with Crippen molar-refractivity contribution < 1.29 is 9.53 Å². The van der Waals surface area contributed by atoms with E-state index >= 15 is 0 Å². The van der Waals surface area contributed by atoms with Crippen molar-refractivity contribution in [3.63, 3.8) is 0 Å². The molecule has 1 aliphatic carbocycles. The first-order chi connectivity index (χ1) is 8.35. The van der Waals surface area contributed by atoms with Crippen molar-refractivity contribution in [1.29, 1.82) is 0 Å². The normalized spacial score (nSPS) is 30.2. The number of nitrogens with two attached hydrogens (primary N) is 1. The van der Waals surface area contributed by atoms with Crippen LogP contribution in [0.1, 0.15) is 46.5 Å². The molecule has 2 atom stereocenters. The third-order valence-corrected chi connectivity index (χ3v) is 3.74. The van der Waals surface area contributed by atoms with Crippen LogP contribution in [0.25, 0.3) is 0 Å². The average molecular weight is 254 g/mol. The first-order valence-electron chi connectivity index (χ1n) is 7.06. The van der Waals surface area contributed by atoms with Crippen LogP contribution in [0.5, 0.6) is 0 Å². The van der Waals surface area contributed by atoms with Gasteiger partial charge in [-0.15, -0.1) is 0 Å². The van der Waals surface area contributed by atoms with Crippen LogP contribution in [0, 0.1) is 5.92 Å². The molecule has 2 rings (SSSR count). The molecule has 0 aromatic heterocycles. The molecule has 1 saturated carbocycles. The Morgan fingerprint density at radius 1 is 1.33 bits per heavy atom. The molecule has 4 heteroatoms. The molecular weight excluding hydrogens is 228 g/mol. The Labute approximate surface area is 110 Å². The van der Waals surface area contributed by atoms with Gasteiger partial charge in [-0.1, -0.05) is 0 Å². The Morgan fingerprint density at radius 2 is 2.00 bits per heavy atom. The van der Waals surface area contributed by atoms with Crippen LogP contribution in [0.4, 0.5) is 0 Å². The van der Waals surface area contributed by atoms with Crippen molar-refractivity contribution in [2.24, 2.45) is 11.7 Å². The van der Waals surface area contributed by atoms with Gasteiger partial charge in [0.25, 0.3) is 0 Å². The zero-order valence-corrected chi connectivity index (χ0v) is 11.8. The zero-order valence-electron chi connectivity index (χ0n) is 11.8. The van der Waals surface area contributed by atoms with Gasteiger partial charge in [0.15, 0.2) is 0 Å². The lowest BCUT2D eigenvalue weighted by molar-refractivity contribution is -0.156. The van der Waals surface area contributed by atoms with E-state index in [9.17, 15) is 4.79 Å². The molecule has 1 aliphatic heterocycles. The van der Waals surface area contributed by atoms with Crippen LogP contribution >= 0.6 is 0 Å². The molecule has 0 amide bonds. The summed E-state index contributed by atoms with van der Waals surface area (Å²) in [6.07, 6.45) is 4.09. The smallest absolute Gasteiger partial charge is 0.306 e. The lowest BCUT2D eigenvalue weighted by Crippen LogP contribution is -2.48. The molecule has 18 heavy (non-hydrogen) atoms. The molecule has 1 heterocycles. The second kappa shape index (κ2) is 5.17. The van der Waals surface area contributed by atoms with Gasteiger partial charge in [0.1, 0.15) is 5.60 Å². The summed E-state index contributed by atoms with van der Waals surface area (Å²) in [5.41, 5.74) is 5.74. The largest absolute Gasteiger partial charge is 0.460 e. The third-order valence-electron chi connectivity index (χ3n) is 3.74. The minimum absolute atomic E-state index is 0.111. The number of carbonyl (C=O) groups excluding carboxylic acids is 1. The van der Waals surface area contributed by atoms with E-state index < -0.39 is 5.60 Å². The maximum absolute atomic E-state index is 11.9. The predicted octanol–water partition coefficient (Wildman–Crippen LogP) is 1.53. The Hall–Kier alpha value is -0.610. The Kier molecular flexibility index (Phi) is 3.97. The van der Waals surface area contributed by atoms with Gasteiger partial charge in [-0.2, -0.15) is 0 Å². The number of carbonyl (C=O) groups is 1. The van der Waals surface area contributed by atoms with E-state index in [0.717, 1.165) is 25.6 Å². The van der Waals surface area contributed by atoms with Crippen LogP contribution in [-0.2, 0) is 9.53 Å². The van der Waals surface area contributed by atoms with E-state index in [2.05, 4.69) is 4.90 Å². The summed E-state index contributed by atoms with van der Waals surface area (Å²) in [5, 5.41) is 0. The topological polar surface area (TPSA) is 55.6 Å². The number of rotatable bonds is 3. The lowest BCUT2D eigenvalue weighted by Gasteiger charge is -2.37. The van der Waals surface area contributed by atoms with Crippen molar-refractivity contribution in [2.45, 2.75) is 64.1 Å². The minimum Gasteiger partial charge on any atom is -0.460 e. The molecule has 2 unspecified atom stereocenters. The fourth-order valence-electron chi connectivity index (χ4n) is 2.66. The number of likely N-dealkylation sites (tertiary alicyclic amines) is 1. The van der Waals surface area contributed by atoms with Crippen molar-refractivity contribution in [3.8, 4) is 0 Å². The molecule has 1 saturated heterocycles. The number of nitrogens with zero attached hydrogens (tertiary/aromatic N) is 1. The molecule has 104 valence electrons. The average Bonchev–Trinajstić information content (AvgIpc) is 3.01. The number of hydrogen-bond acceptors (Lipinski definition) is 4. The summed E-state index contributed by atoms with van der Waals surface area (Å²) < 4.78 is 5.39. The van der Waals surface area contributed by atoms with Crippen molar-refractivity contribution in [3.05, 3.63) is 0 Å². The van der Waals surface area contributed by atoms with Gasteiger partial charge < -0.3 is 10.5 Å². The second-order valence-electron chi connectivity index (χ2n) is 6.73. The summed E-state index contributed by atoms with van der Waals surface area (Å²) in [7, 11) is 0. The first-order valence-corrected chi connectivity index (χ1v) is 7.06.